The normalized spacial score (nSPS) is 17.4. The molecule has 1 unspecified atom stereocenters. The molecule has 110 valence electrons. The molecule has 21 heavy (non-hydrogen) atoms. The first-order valence-corrected chi connectivity index (χ1v) is 7.88. The molecule has 0 spiro atoms. The van der Waals surface area contributed by atoms with Gasteiger partial charge in [-0.15, -0.1) is 0 Å². The number of nitrogens with one attached hydrogen (secondary N) is 1. The molecule has 0 radical (unpaired) electrons. The van der Waals surface area contributed by atoms with Crippen molar-refractivity contribution in [3.8, 4) is 5.75 Å². The lowest BCUT2D eigenvalue weighted by Crippen LogP contribution is -2.32. The van der Waals surface area contributed by atoms with Crippen molar-refractivity contribution in [3.05, 3.63) is 65.2 Å². The quantitative estimate of drug-likeness (QED) is 0.900. The summed E-state index contributed by atoms with van der Waals surface area (Å²) in [5.41, 5.74) is 1.25. The van der Waals surface area contributed by atoms with Crippen LogP contribution in [0.2, 0.25) is 5.02 Å². The van der Waals surface area contributed by atoms with E-state index in [1.807, 2.05) is 30.3 Å². The number of halogens is 1. The monoisotopic (exact) mass is 301 g/mol. The van der Waals surface area contributed by atoms with Crippen molar-refractivity contribution in [1.29, 1.82) is 0 Å². The summed E-state index contributed by atoms with van der Waals surface area (Å²) in [6.45, 7) is 2.13. The highest BCUT2D eigenvalue weighted by atomic mass is 35.5. The van der Waals surface area contributed by atoms with E-state index in [-0.39, 0.29) is 6.10 Å². The average molecular weight is 302 g/mol. The van der Waals surface area contributed by atoms with E-state index in [1.165, 1.54) is 5.56 Å². The smallest absolute Gasteiger partial charge is 0.127 e. The van der Waals surface area contributed by atoms with Crippen LogP contribution in [0.3, 0.4) is 0 Å². The summed E-state index contributed by atoms with van der Waals surface area (Å²) in [5.74, 6) is 1.43. The second-order valence-electron chi connectivity index (χ2n) is 5.49. The van der Waals surface area contributed by atoms with E-state index in [0.717, 1.165) is 36.7 Å². The first kappa shape index (κ1) is 14.4. The van der Waals surface area contributed by atoms with Crippen LogP contribution >= 0.6 is 11.6 Å². The Morgan fingerprint density at radius 3 is 2.29 bits per heavy atom. The van der Waals surface area contributed by atoms with Gasteiger partial charge in [0.05, 0.1) is 0 Å². The summed E-state index contributed by atoms with van der Waals surface area (Å²) in [6, 6.07) is 18.2. The molecule has 1 fully saturated rings. The van der Waals surface area contributed by atoms with Crippen LogP contribution in [0, 0.1) is 5.92 Å². The maximum absolute atomic E-state index is 6.31. The lowest BCUT2D eigenvalue weighted by Gasteiger charge is -2.31. The molecule has 1 aliphatic heterocycles. The van der Waals surface area contributed by atoms with E-state index in [9.17, 15) is 0 Å². The molecule has 1 saturated heterocycles. The highest BCUT2D eigenvalue weighted by molar-refractivity contribution is 6.30. The van der Waals surface area contributed by atoms with E-state index in [0.29, 0.717) is 5.92 Å². The average Bonchev–Trinajstić information content (AvgIpc) is 2.56. The third kappa shape index (κ3) is 3.78. The van der Waals surface area contributed by atoms with E-state index in [4.69, 9.17) is 16.3 Å². The van der Waals surface area contributed by atoms with Gasteiger partial charge in [-0.1, -0.05) is 41.9 Å². The zero-order chi connectivity index (χ0) is 14.5. The molecule has 1 aliphatic rings. The molecule has 1 heterocycles. The second-order valence-corrected chi connectivity index (χ2v) is 5.93. The van der Waals surface area contributed by atoms with Crippen molar-refractivity contribution in [2.45, 2.75) is 18.9 Å². The number of rotatable bonds is 4. The Labute approximate surface area is 131 Å². The third-order valence-electron chi connectivity index (χ3n) is 4.02. The molecule has 0 aliphatic carbocycles. The van der Waals surface area contributed by atoms with Gasteiger partial charge in [0.1, 0.15) is 11.9 Å². The Morgan fingerprint density at radius 1 is 0.952 bits per heavy atom. The van der Waals surface area contributed by atoms with Gasteiger partial charge in [0.15, 0.2) is 0 Å². The summed E-state index contributed by atoms with van der Waals surface area (Å²) in [7, 11) is 0. The van der Waals surface area contributed by atoms with Crippen molar-refractivity contribution in [3.63, 3.8) is 0 Å². The van der Waals surface area contributed by atoms with Gasteiger partial charge < -0.3 is 10.1 Å². The highest BCUT2D eigenvalue weighted by Crippen LogP contribution is 2.33. The van der Waals surface area contributed by atoms with Crippen LogP contribution in [0.25, 0.3) is 0 Å². The van der Waals surface area contributed by atoms with Gasteiger partial charge in [-0.05, 0) is 55.8 Å². The third-order valence-corrected chi connectivity index (χ3v) is 4.27. The van der Waals surface area contributed by atoms with E-state index < -0.39 is 0 Å². The van der Waals surface area contributed by atoms with Crippen LogP contribution in [0.1, 0.15) is 24.5 Å². The number of benzene rings is 2. The van der Waals surface area contributed by atoms with Gasteiger partial charge in [0.2, 0.25) is 0 Å². The summed E-state index contributed by atoms with van der Waals surface area (Å²) < 4.78 is 6.31. The number of piperidine rings is 1. The largest absolute Gasteiger partial charge is 0.485 e. The molecule has 3 rings (SSSR count). The summed E-state index contributed by atoms with van der Waals surface area (Å²) >= 11 is 5.95. The number of hydrogen-bond donors (Lipinski definition) is 1. The lowest BCUT2D eigenvalue weighted by atomic mass is 9.88. The molecule has 2 nitrogen and oxygen atoms in total. The van der Waals surface area contributed by atoms with Crippen LogP contribution in [-0.2, 0) is 0 Å². The summed E-state index contributed by atoms with van der Waals surface area (Å²) in [5, 5.41) is 4.16. The number of ether oxygens (including phenoxy) is 1. The van der Waals surface area contributed by atoms with Crippen molar-refractivity contribution >= 4 is 11.6 Å². The van der Waals surface area contributed by atoms with Crippen LogP contribution in [0.5, 0.6) is 5.75 Å². The standard InChI is InChI=1S/C18H20ClNO/c19-16-6-8-17(9-7-16)21-18(14-4-2-1-3-5-14)15-10-12-20-13-11-15/h1-9,15,18,20H,10-13H2. The molecular weight excluding hydrogens is 282 g/mol. The van der Waals surface area contributed by atoms with Crippen molar-refractivity contribution < 1.29 is 4.74 Å². The fourth-order valence-corrected chi connectivity index (χ4v) is 3.01. The van der Waals surface area contributed by atoms with Crippen molar-refractivity contribution in [2.24, 2.45) is 5.92 Å². The first-order valence-electron chi connectivity index (χ1n) is 7.51. The Hall–Kier alpha value is -1.51. The zero-order valence-corrected chi connectivity index (χ0v) is 12.7. The minimum absolute atomic E-state index is 0.106. The van der Waals surface area contributed by atoms with Crippen LogP contribution in [0.15, 0.2) is 54.6 Å². The minimum Gasteiger partial charge on any atom is -0.485 e. The minimum atomic E-state index is 0.106. The fourth-order valence-electron chi connectivity index (χ4n) is 2.89. The molecule has 1 atom stereocenters. The topological polar surface area (TPSA) is 21.3 Å². The molecule has 2 aromatic carbocycles. The van der Waals surface area contributed by atoms with E-state index in [1.54, 1.807) is 0 Å². The van der Waals surface area contributed by atoms with Crippen molar-refractivity contribution in [1.82, 2.24) is 5.32 Å². The molecule has 2 aromatic rings. The fraction of sp³-hybridized carbons (Fsp3) is 0.333. The van der Waals surface area contributed by atoms with Gasteiger partial charge in [-0.3, -0.25) is 0 Å². The predicted octanol–water partition coefficient (Wildman–Crippen LogP) is 4.46. The summed E-state index contributed by atoms with van der Waals surface area (Å²) in [4.78, 5) is 0. The van der Waals surface area contributed by atoms with Crippen LogP contribution in [-0.4, -0.2) is 13.1 Å². The Bertz CT molecular complexity index is 549. The maximum Gasteiger partial charge on any atom is 0.127 e. The molecule has 0 saturated carbocycles. The van der Waals surface area contributed by atoms with Crippen LogP contribution < -0.4 is 10.1 Å². The Balaban J connectivity index is 1.83. The molecule has 1 N–H and O–H groups in total. The molecular formula is C18H20ClNO. The van der Waals surface area contributed by atoms with Crippen LogP contribution in [0.4, 0.5) is 0 Å². The summed E-state index contributed by atoms with van der Waals surface area (Å²) in [6.07, 6.45) is 2.40. The van der Waals surface area contributed by atoms with E-state index in [2.05, 4.69) is 29.6 Å². The van der Waals surface area contributed by atoms with Gasteiger partial charge in [-0.25, -0.2) is 0 Å². The molecule has 0 aromatic heterocycles. The Morgan fingerprint density at radius 2 is 1.62 bits per heavy atom. The molecule has 0 amide bonds. The highest BCUT2D eigenvalue weighted by Gasteiger charge is 2.26. The number of hydrogen-bond acceptors (Lipinski definition) is 2. The van der Waals surface area contributed by atoms with E-state index >= 15 is 0 Å². The molecule has 0 bridgehead atoms. The van der Waals surface area contributed by atoms with Gasteiger partial charge in [-0.2, -0.15) is 0 Å². The maximum atomic E-state index is 6.31. The lowest BCUT2D eigenvalue weighted by molar-refractivity contribution is 0.112. The SMILES string of the molecule is Clc1ccc(OC(c2ccccc2)C2CCNCC2)cc1. The molecule has 3 heteroatoms. The first-order chi connectivity index (χ1) is 10.3. The second kappa shape index (κ2) is 6.97. The van der Waals surface area contributed by atoms with Gasteiger partial charge in [0.25, 0.3) is 0 Å². The Kier molecular flexibility index (Phi) is 4.79. The van der Waals surface area contributed by atoms with Gasteiger partial charge >= 0.3 is 0 Å². The zero-order valence-electron chi connectivity index (χ0n) is 12.0. The predicted molar refractivity (Wildman–Crippen MR) is 86.9 cm³/mol. The van der Waals surface area contributed by atoms with Crippen molar-refractivity contribution in [2.75, 3.05) is 13.1 Å². The van der Waals surface area contributed by atoms with Gasteiger partial charge in [0, 0.05) is 10.9 Å².